The van der Waals surface area contributed by atoms with E-state index in [4.69, 9.17) is 4.74 Å². The van der Waals surface area contributed by atoms with Crippen LogP contribution in [0, 0.1) is 11.3 Å². The van der Waals surface area contributed by atoms with Crippen LogP contribution in [0.5, 0.6) is 0 Å². The summed E-state index contributed by atoms with van der Waals surface area (Å²) in [5.74, 6) is 0.367. The maximum absolute atomic E-state index is 13.2. The van der Waals surface area contributed by atoms with E-state index in [9.17, 15) is 9.59 Å². The lowest BCUT2D eigenvalue weighted by Crippen LogP contribution is -2.44. The van der Waals surface area contributed by atoms with Gasteiger partial charge in [0.25, 0.3) is 0 Å². The van der Waals surface area contributed by atoms with Gasteiger partial charge >= 0.3 is 0 Å². The molecule has 0 unspecified atom stereocenters. The maximum Gasteiger partial charge on any atom is 0.242 e. The first-order valence-corrected chi connectivity index (χ1v) is 11.7. The molecule has 0 saturated carbocycles. The summed E-state index contributed by atoms with van der Waals surface area (Å²) < 4.78 is 7.22. The lowest BCUT2D eigenvalue weighted by molar-refractivity contribution is -0.141. The fourth-order valence-electron chi connectivity index (χ4n) is 4.00. The van der Waals surface area contributed by atoms with E-state index < -0.39 is 0 Å². The second kappa shape index (κ2) is 13.6. The first-order chi connectivity index (χ1) is 14.6. The Hall–Kier alpha value is -1.82. The third-order valence-corrected chi connectivity index (χ3v) is 5.48. The smallest absolute Gasteiger partial charge is 0.242 e. The second-order valence-electron chi connectivity index (χ2n) is 10.0. The number of aryl methyl sites for hydroxylation is 1. The van der Waals surface area contributed by atoms with Crippen molar-refractivity contribution in [2.75, 3.05) is 33.4 Å². The van der Waals surface area contributed by atoms with Gasteiger partial charge in [-0.3, -0.25) is 9.59 Å². The van der Waals surface area contributed by atoms with Crippen molar-refractivity contribution in [1.29, 1.82) is 0 Å². The number of methoxy groups -OCH3 is 1. The molecule has 0 N–H and O–H groups in total. The van der Waals surface area contributed by atoms with Crippen LogP contribution >= 0.6 is 0 Å². The highest BCUT2D eigenvalue weighted by molar-refractivity contribution is 5.85. The quantitative estimate of drug-likeness (QED) is 0.405. The number of carbonyl (C=O) groups excluding carboxylic acids is 2. The van der Waals surface area contributed by atoms with Gasteiger partial charge in [0.15, 0.2) is 0 Å². The molecule has 31 heavy (non-hydrogen) atoms. The highest BCUT2D eigenvalue weighted by Crippen LogP contribution is 2.26. The number of nitrogens with zero attached hydrogens (tertiary/aromatic N) is 3. The van der Waals surface area contributed by atoms with Crippen molar-refractivity contribution in [2.45, 2.75) is 73.3 Å². The fraction of sp³-hybridized carbons (Fsp3) is 0.760. The third-order valence-electron chi connectivity index (χ3n) is 5.48. The van der Waals surface area contributed by atoms with Gasteiger partial charge in [0, 0.05) is 52.2 Å². The van der Waals surface area contributed by atoms with E-state index in [2.05, 4.69) is 34.6 Å². The molecule has 1 heterocycles. The van der Waals surface area contributed by atoms with Crippen LogP contribution in [0.4, 0.5) is 0 Å². The number of ether oxygens (including phenoxy) is 1. The third kappa shape index (κ3) is 10.9. The van der Waals surface area contributed by atoms with Gasteiger partial charge in [-0.05, 0) is 42.7 Å². The Bertz CT molecular complexity index is 663. The van der Waals surface area contributed by atoms with Gasteiger partial charge in [0.05, 0.1) is 13.1 Å². The summed E-state index contributed by atoms with van der Waals surface area (Å²) in [6.07, 6.45) is 6.16. The molecule has 0 spiro atoms. The molecular formula is C25H45N3O3. The molecule has 0 fully saturated rings. The first-order valence-electron chi connectivity index (χ1n) is 11.7. The van der Waals surface area contributed by atoms with Crippen LogP contribution in [-0.4, -0.2) is 59.5 Å². The standard InChI is InChI=1S/C25H45N3O3/c1-8-9-14-27(19-22-12-10-13-26(22)6)24(30)20-28(15-11-16-31-7)23(29)17-21(2)18-25(3,4)5/h10,12-13,21H,8-9,11,14-20H2,1-7H3/t21-/m0/s1. The molecule has 6 heteroatoms. The molecule has 0 bridgehead atoms. The number of aromatic nitrogens is 1. The normalized spacial score (nSPS) is 12.6. The van der Waals surface area contributed by atoms with Gasteiger partial charge in [-0.2, -0.15) is 0 Å². The molecule has 0 radical (unpaired) electrons. The summed E-state index contributed by atoms with van der Waals surface area (Å²) in [5.41, 5.74) is 1.28. The van der Waals surface area contributed by atoms with Crippen LogP contribution in [0.1, 0.15) is 72.4 Å². The summed E-state index contributed by atoms with van der Waals surface area (Å²) in [4.78, 5) is 30.0. The Kier molecular flexibility index (Phi) is 11.9. The van der Waals surface area contributed by atoms with Crippen LogP contribution in [0.3, 0.4) is 0 Å². The zero-order valence-electron chi connectivity index (χ0n) is 20.9. The average Bonchev–Trinajstić information content (AvgIpc) is 3.07. The topological polar surface area (TPSA) is 54.8 Å². The lowest BCUT2D eigenvalue weighted by Gasteiger charge is -2.29. The van der Waals surface area contributed by atoms with E-state index in [1.54, 1.807) is 12.0 Å². The number of carbonyl (C=O) groups is 2. The zero-order valence-corrected chi connectivity index (χ0v) is 20.9. The molecule has 0 aromatic carbocycles. The molecule has 1 rings (SSSR count). The molecule has 0 aliphatic heterocycles. The van der Waals surface area contributed by atoms with Crippen molar-refractivity contribution in [3.05, 3.63) is 24.0 Å². The zero-order chi connectivity index (χ0) is 23.4. The maximum atomic E-state index is 13.2. The Morgan fingerprint density at radius 3 is 2.35 bits per heavy atom. The van der Waals surface area contributed by atoms with Crippen LogP contribution < -0.4 is 0 Å². The number of hydrogen-bond acceptors (Lipinski definition) is 3. The minimum Gasteiger partial charge on any atom is -0.385 e. The summed E-state index contributed by atoms with van der Waals surface area (Å²) in [7, 11) is 3.66. The number of hydrogen-bond donors (Lipinski definition) is 0. The summed E-state index contributed by atoms with van der Waals surface area (Å²) in [5, 5.41) is 0. The SMILES string of the molecule is CCCCN(Cc1cccn1C)C(=O)CN(CCCOC)C(=O)C[C@H](C)CC(C)(C)C. The average molecular weight is 436 g/mol. The van der Waals surface area contributed by atoms with Gasteiger partial charge in [-0.25, -0.2) is 0 Å². The molecule has 178 valence electrons. The summed E-state index contributed by atoms with van der Waals surface area (Å²) in [6, 6.07) is 4.04. The fourth-order valence-corrected chi connectivity index (χ4v) is 4.00. The van der Waals surface area contributed by atoms with E-state index in [1.807, 2.05) is 34.8 Å². The van der Waals surface area contributed by atoms with Crippen LogP contribution in [0.15, 0.2) is 18.3 Å². The van der Waals surface area contributed by atoms with Gasteiger partial charge in [-0.15, -0.1) is 0 Å². The number of unbranched alkanes of at least 4 members (excludes halogenated alkanes) is 1. The minimum atomic E-state index is 0.0175. The molecule has 0 aliphatic rings. The highest BCUT2D eigenvalue weighted by Gasteiger charge is 2.24. The van der Waals surface area contributed by atoms with Crippen molar-refractivity contribution in [1.82, 2.24) is 14.4 Å². The predicted molar refractivity (Wildman–Crippen MR) is 127 cm³/mol. The number of rotatable bonds is 14. The van der Waals surface area contributed by atoms with Gasteiger partial charge in [-0.1, -0.05) is 41.0 Å². The Balaban J connectivity index is 2.86. The first kappa shape index (κ1) is 27.2. The van der Waals surface area contributed by atoms with E-state index in [0.29, 0.717) is 32.7 Å². The molecule has 6 nitrogen and oxygen atoms in total. The van der Waals surface area contributed by atoms with E-state index >= 15 is 0 Å². The van der Waals surface area contributed by atoms with Gasteiger partial charge in [0.2, 0.25) is 11.8 Å². The molecule has 0 saturated heterocycles. The van der Waals surface area contributed by atoms with Crippen molar-refractivity contribution in [3.8, 4) is 0 Å². The van der Waals surface area contributed by atoms with Crippen molar-refractivity contribution in [2.24, 2.45) is 18.4 Å². The predicted octanol–water partition coefficient (Wildman–Crippen LogP) is 4.48. The van der Waals surface area contributed by atoms with Crippen LogP contribution in [-0.2, 0) is 27.9 Å². The molecule has 1 aromatic rings. The minimum absolute atomic E-state index is 0.0175. The van der Waals surface area contributed by atoms with Crippen LogP contribution in [0.25, 0.3) is 0 Å². The van der Waals surface area contributed by atoms with Crippen molar-refractivity contribution < 1.29 is 14.3 Å². The van der Waals surface area contributed by atoms with Gasteiger partial charge < -0.3 is 19.1 Å². The summed E-state index contributed by atoms with van der Waals surface area (Å²) in [6.45, 7) is 13.4. The van der Waals surface area contributed by atoms with E-state index in [1.165, 1.54) is 0 Å². The molecular weight excluding hydrogens is 390 g/mol. The second-order valence-corrected chi connectivity index (χ2v) is 10.0. The highest BCUT2D eigenvalue weighted by atomic mass is 16.5. The van der Waals surface area contributed by atoms with Crippen molar-refractivity contribution >= 4 is 11.8 Å². The van der Waals surface area contributed by atoms with E-state index in [0.717, 1.165) is 31.4 Å². The Labute approximate surface area is 189 Å². The Morgan fingerprint density at radius 1 is 1.13 bits per heavy atom. The summed E-state index contributed by atoms with van der Waals surface area (Å²) >= 11 is 0. The Morgan fingerprint density at radius 2 is 1.81 bits per heavy atom. The number of amides is 2. The largest absolute Gasteiger partial charge is 0.385 e. The van der Waals surface area contributed by atoms with Crippen molar-refractivity contribution in [3.63, 3.8) is 0 Å². The van der Waals surface area contributed by atoms with Gasteiger partial charge in [0.1, 0.15) is 0 Å². The molecule has 1 atom stereocenters. The molecule has 0 aliphatic carbocycles. The molecule has 2 amide bonds. The van der Waals surface area contributed by atoms with Crippen LogP contribution in [0.2, 0.25) is 0 Å². The lowest BCUT2D eigenvalue weighted by atomic mass is 9.84. The monoisotopic (exact) mass is 435 g/mol. The van der Waals surface area contributed by atoms with E-state index in [-0.39, 0.29) is 29.7 Å². The molecule has 1 aromatic heterocycles.